The Morgan fingerprint density at radius 3 is 2.39 bits per heavy atom. The van der Waals surface area contributed by atoms with Crippen molar-refractivity contribution in [3.63, 3.8) is 0 Å². The van der Waals surface area contributed by atoms with Crippen LogP contribution in [0.3, 0.4) is 0 Å². The van der Waals surface area contributed by atoms with Gasteiger partial charge in [-0.2, -0.15) is 0 Å². The highest BCUT2D eigenvalue weighted by molar-refractivity contribution is 6.74. The molecule has 1 fully saturated rings. The van der Waals surface area contributed by atoms with Gasteiger partial charge >= 0.3 is 0 Å². The first-order valence-electron chi connectivity index (χ1n) is 6.93. The maximum absolute atomic E-state index is 11.7. The number of rotatable bonds is 2. The Labute approximate surface area is 112 Å². The Morgan fingerprint density at radius 1 is 1.33 bits per heavy atom. The normalized spacial score (nSPS) is 31.3. The van der Waals surface area contributed by atoms with E-state index in [-0.39, 0.29) is 22.8 Å². The van der Waals surface area contributed by atoms with Gasteiger partial charge in [-0.25, -0.2) is 0 Å². The molecule has 0 amide bonds. The van der Waals surface area contributed by atoms with E-state index in [1.807, 2.05) is 6.92 Å². The van der Waals surface area contributed by atoms with E-state index < -0.39 is 14.4 Å². The van der Waals surface area contributed by atoms with Gasteiger partial charge in [-0.05, 0) is 31.0 Å². The predicted octanol–water partition coefficient (Wildman–Crippen LogP) is 3.13. The van der Waals surface area contributed by atoms with Crippen molar-refractivity contribution in [2.45, 2.75) is 77.3 Å². The Morgan fingerprint density at radius 2 is 1.89 bits per heavy atom. The second kappa shape index (κ2) is 5.43. The average molecular weight is 272 g/mol. The summed E-state index contributed by atoms with van der Waals surface area (Å²) < 4.78 is 6.27. The molecule has 1 N–H and O–H groups in total. The lowest BCUT2D eigenvalue weighted by atomic mass is 10.0. The average Bonchev–Trinajstić information content (AvgIpc) is 2.30. The van der Waals surface area contributed by atoms with Crippen LogP contribution >= 0.6 is 0 Å². The van der Waals surface area contributed by atoms with E-state index >= 15 is 0 Å². The molecular formula is C14H28O3Si. The van der Waals surface area contributed by atoms with Crippen LogP contribution in [0.25, 0.3) is 0 Å². The lowest BCUT2D eigenvalue weighted by Gasteiger charge is -2.40. The van der Waals surface area contributed by atoms with Crippen LogP contribution < -0.4 is 0 Å². The molecule has 1 saturated carbocycles. The summed E-state index contributed by atoms with van der Waals surface area (Å²) in [6.45, 7) is 12.9. The van der Waals surface area contributed by atoms with E-state index in [9.17, 15) is 9.90 Å². The summed E-state index contributed by atoms with van der Waals surface area (Å²) in [6.07, 6.45) is 1.08. The van der Waals surface area contributed by atoms with Gasteiger partial charge in [-0.3, -0.25) is 4.79 Å². The minimum atomic E-state index is -1.87. The molecule has 0 aromatic rings. The van der Waals surface area contributed by atoms with Gasteiger partial charge in [0.1, 0.15) is 5.78 Å². The van der Waals surface area contributed by atoms with Gasteiger partial charge in [0.15, 0.2) is 8.32 Å². The topological polar surface area (TPSA) is 46.5 Å². The van der Waals surface area contributed by atoms with E-state index in [1.165, 1.54) is 0 Å². The molecule has 0 aromatic heterocycles. The Balaban J connectivity index is 2.75. The minimum absolute atomic E-state index is 0.0342. The summed E-state index contributed by atoms with van der Waals surface area (Å²) in [6, 6.07) is 0. The van der Waals surface area contributed by atoms with Crippen molar-refractivity contribution in [3.8, 4) is 0 Å². The van der Waals surface area contributed by atoms with E-state index in [1.54, 1.807) is 0 Å². The monoisotopic (exact) mass is 272 g/mol. The molecule has 4 heteroatoms. The molecule has 0 aromatic carbocycles. The zero-order valence-electron chi connectivity index (χ0n) is 12.6. The maximum atomic E-state index is 11.7. The summed E-state index contributed by atoms with van der Waals surface area (Å²) in [7, 11) is -1.87. The number of aliphatic hydroxyl groups is 1. The first kappa shape index (κ1) is 15.9. The first-order valence-corrected chi connectivity index (χ1v) is 9.84. The second-order valence-electron chi connectivity index (χ2n) is 7.13. The highest BCUT2D eigenvalue weighted by atomic mass is 28.4. The quantitative estimate of drug-likeness (QED) is 0.620. The molecular weight excluding hydrogens is 244 g/mol. The van der Waals surface area contributed by atoms with Crippen LogP contribution in [0.2, 0.25) is 18.1 Å². The zero-order chi connectivity index (χ0) is 14.1. The van der Waals surface area contributed by atoms with Gasteiger partial charge in [0.05, 0.1) is 12.2 Å². The van der Waals surface area contributed by atoms with Crippen LogP contribution in [-0.4, -0.2) is 31.4 Å². The standard InChI is InChI=1S/C14H28O3Si/c1-10-9-12(16)13(8-7-11(10)15)17-18(5,6)14(2,3)4/h10,12-13,16H,7-9H2,1-6H3/t10-,12+,13+/m0/s1. The fourth-order valence-electron chi connectivity index (χ4n) is 2.06. The van der Waals surface area contributed by atoms with Crippen LogP contribution in [0.4, 0.5) is 0 Å². The highest BCUT2D eigenvalue weighted by Gasteiger charge is 2.41. The van der Waals surface area contributed by atoms with Crippen molar-refractivity contribution in [2.75, 3.05) is 0 Å². The van der Waals surface area contributed by atoms with Crippen molar-refractivity contribution < 1.29 is 14.3 Å². The third kappa shape index (κ3) is 3.65. The highest BCUT2D eigenvalue weighted by Crippen LogP contribution is 2.39. The molecule has 1 rings (SSSR count). The van der Waals surface area contributed by atoms with Crippen LogP contribution in [-0.2, 0) is 9.22 Å². The molecule has 0 bridgehead atoms. The van der Waals surface area contributed by atoms with E-state index in [0.717, 1.165) is 0 Å². The summed E-state index contributed by atoms with van der Waals surface area (Å²) in [5.74, 6) is 0.225. The SMILES string of the molecule is C[C@H]1C[C@@H](O)[C@H](O[Si](C)(C)C(C)(C)C)CCC1=O. The third-order valence-electron chi connectivity index (χ3n) is 4.50. The summed E-state index contributed by atoms with van der Waals surface area (Å²) >= 11 is 0. The number of aliphatic hydroxyl groups excluding tert-OH is 1. The Bertz CT molecular complexity index is 307. The smallest absolute Gasteiger partial charge is 0.192 e. The van der Waals surface area contributed by atoms with Gasteiger partial charge in [0, 0.05) is 12.3 Å². The predicted molar refractivity (Wildman–Crippen MR) is 76.1 cm³/mol. The fourth-order valence-corrected chi connectivity index (χ4v) is 3.45. The van der Waals surface area contributed by atoms with Gasteiger partial charge in [-0.1, -0.05) is 27.7 Å². The van der Waals surface area contributed by atoms with Crippen LogP contribution in [0.1, 0.15) is 47.0 Å². The number of carbonyl (C=O) groups is 1. The lowest BCUT2D eigenvalue weighted by molar-refractivity contribution is -0.122. The number of ketones is 1. The zero-order valence-corrected chi connectivity index (χ0v) is 13.6. The molecule has 0 unspecified atom stereocenters. The van der Waals surface area contributed by atoms with E-state index in [2.05, 4.69) is 33.9 Å². The molecule has 0 radical (unpaired) electrons. The van der Waals surface area contributed by atoms with Crippen molar-refractivity contribution in [1.29, 1.82) is 0 Å². The summed E-state index contributed by atoms with van der Waals surface area (Å²) in [4.78, 5) is 11.7. The number of Topliss-reactive ketones (excluding diaryl/α,β-unsaturated/α-hetero) is 1. The van der Waals surface area contributed by atoms with Gasteiger partial charge in [-0.15, -0.1) is 0 Å². The number of hydrogen-bond donors (Lipinski definition) is 1. The van der Waals surface area contributed by atoms with Gasteiger partial charge < -0.3 is 9.53 Å². The van der Waals surface area contributed by atoms with E-state index in [4.69, 9.17) is 4.43 Å². The maximum Gasteiger partial charge on any atom is 0.192 e. The molecule has 18 heavy (non-hydrogen) atoms. The largest absolute Gasteiger partial charge is 0.411 e. The molecule has 0 heterocycles. The summed E-state index contributed by atoms with van der Waals surface area (Å²) in [5.41, 5.74) is 0. The van der Waals surface area contributed by atoms with Crippen LogP contribution in [0, 0.1) is 5.92 Å². The third-order valence-corrected chi connectivity index (χ3v) is 9.01. The van der Waals surface area contributed by atoms with Crippen molar-refractivity contribution >= 4 is 14.1 Å². The molecule has 0 aliphatic heterocycles. The van der Waals surface area contributed by atoms with Crippen LogP contribution in [0.15, 0.2) is 0 Å². The summed E-state index contributed by atoms with van der Waals surface area (Å²) in [5, 5.41) is 10.3. The molecule has 1 aliphatic rings. The van der Waals surface area contributed by atoms with Crippen LogP contribution in [0.5, 0.6) is 0 Å². The molecule has 106 valence electrons. The van der Waals surface area contributed by atoms with Gasteiger partial charge in [0.2, 0.25) is 0 Å². The number of carbonyl (C=O) groups excluding carboxylic acids is 1. The Hall–Kier alpha value is -0.193. The second-order valence-corrected chi connectivity index (χ2v) is 11.9. The molecule has 3 nitrogen and oxygen atoms in total. The Kier molecular flexibility index (Phi) is 4.79. The molecule has 0 spiro atoms. The van der Waals surface area contributed by atoms with Crippen molar-refractivity contribution in [3.05, 3.63) is 0 Å². The molecule has 0 saturated heterocycles. The van der Waals surface area contributed by atoms with E-state index in [0.29, 0.717) is 19.3 Å². The van der Waals surface area contributed by atoms with Crippen molar-refractivity contribution in [2.24, 2.45) is 5.92 Å². The molecule has 1 aliphatic carbocycles. The van der Waals surface area contributed by atoms with Gasteiger partial charge in [0.25, 0.3) is 0 Å². The molecule has 3 atom stereocenters. The number of hydrogen-bond acceptors (Lipinski definition) is 3. The fraction of sp³-hybridized carbons (Fsp3) is 0.929. The minimum Gasteiger partial charge on any atom is -0.411 e. The first-order chi connectivity index (χ1) is 8.04. The lowest BCUT2D eigenvalue weighted by Crippen LogP contribution is -2.46. The van der Waals surface area contributed by atoms with Crippen molar-refractivity contribution in [1.82, 2.24) is 0 Å².